The predicted octanol–water partition coefficient (Wildman–Crippen LogP) is 3.62. The highest BCUT2D eigenvalue weighted by atomic mass is 19.1. The first-order valence-corrected chi connectivity index (χ1v) is 9.47. The van der Waals surface area contributed by atoms with Crippen LogP contribution in [0.1, 0.15) is 40.7 Å². The molecule has 2 aliphatic carbocycles. The Labute approximate surface area is 166 Å². The van der Waals surface area contributed by atoms with Crippen molar-refractivity contribution in [1.82, 2.24) is 24.9 Å². The maximum Gasteiger partial charge on any atom is 0.257 e. The Hall–Kier alpha value is -3.61. The van der Waals surface area contributed by atoms with Crippen molar-refractivity contribution in [2.75, 3.05) is 0 Å². The molecule has 0 spiro atoms. The molecule has 6 nitrogen and oxygen atoms in total. The van der Waals surface area contributed by atoms with Gasteiger partial charge in [0.05, 0.1) is 17.0 Å². The molecule has 1 N–H and O–H groups in total. The van der Waals surface area contributed by atoms with E-state index in [1.807, 2.05) is 31.2 Å². The van der Waals surface area contributed by atoms with Crippen LogP contribution in [0.2, 0.25) is 0 Å². The predicted molar refractivity (Wildman–Crippen MR) is 107 cm³/mol. The van der Waals surface area contributed by atoms with Gasteiger partial charge < -0.3 is 5.32 Å². The lowest BCUT2D eigenvalue weighted by atomic mass is 10.00. The fraction of sp³-hybridized carbons (Fsp3) is 0.182. The number of hydrogen-bond donors (Lipinski definition) is 1. The van der Waals surface area contributed by atoms with Crippen molar-refractivity contribution in [2.45, 2.75) is 19.8 Å². The highest BCUT2D eigenvalue weighted by molar-refractivity contribution is 5.97. The minimum atomic E-state index is -0.311. The van der Waals surface area contributed by atoms with Crippen LogP contribution < -0.4 is 5.32 Å². The number of hydrogen-bond acceptors (Lipinski definition) is 4. The Morgan fingerprint density at radius 2 is 2.17 bits per heavy atom. The molecule has 0 fully saturated rings. The minimum absolute atomic E-state index is 0.148. The lowest BCUT2D eigenvalue weighted by molar-refractivity contribution is 0.0966. The van der Waals surface area contributed by atoms with E-state index in [0.29, 0.717) is 24.1 Å². The lowest BCUT2D eigenvalue weighted by Crippen LogP contribution is -2.24. The summed E-state index contributed by atoms with van der Waals surface area (Å²) in [6.45, 7) is 1.81. The van der Waals surface area contributed by atoms with E-state index in [2.05, 4.69) is 26.5 Å². The van der Waals surface area contributed by atoms with Crippen molar-refractivity contribution in [3.8, 4) is 0 Å². The number of aromatic nitrogens is 4. The largest absolute Gasteiger partial charge is 0.322 e. The standard InChI is InChI=1S/C22H18FN5O/c1-13-2-3-15(11-18(13)23)26-22(29)14-10-17-16(4-5-19(17)25-12-14)20-6-7-21-24-8-9-28(21)27-20/h3-4,6-13H,2,5H2,1H3,(H,26,29). The first-order valence-electron chi connectivity index (χ1n) is 9.47. The monoisotopic (exact) mass is 387 g/mol. The molecule has 1 amide bonds. The Morgan fingerprint density at radius 1 is 1.28 bits per heavy atom. The van der Waals surface area contributed by atoms with Gasteiger partial charge in [0, 0.05) is 47.8 Å². The summed E-state index contributed by atoms with van der Waals surface area (Å²) in [6.07, 6.45) is 11.6. The van der Waals surface area contributed by atoms with Gasteiger partial charge in [-0.25, -0.2) is 13.9 Å². The molecule has 5 rings (SSSR count). The SMILES string of the molecule is CC1CC=C(NC(=O)c2cnc3c(c2)C(c2ccc4nccn4n2)=CC3)C=C1F. The third-order valence-electron chi connectivity index (χ3n) is 5.27. The zero-order chi connectivity index (χ0) is 20.0. The highest BCUT2D eigenvalue weighted by Crippen LogP contribution is 2.31. The third kappa shape index (κ3) is 3.14. The molecule has 0 aliphatic heterocycles. The topological polar surface area (TPSA) is 72.2 Å². The van der Waals surface area contributed by atoms with Crippen LogP contribution in [0.4, 0.5) is 4.39 Å². The Balaban J connectivity index is 1.43. The number of rotatable bonds is 3. The number of carbonyl (C=O) groups excluding carboxylic acids is 1. The zero-order valence-electron chi connectivity index (χ0n) is 15.8. The molecule has 0 saturated carbocycles. The first-order chi connectivity index (χ1) is 14.1. The van der Waals surface area contributed by atoms with Gasteiger partial charge in [-0.15, -0.1) is 0 Å². The summed E-state index contributed by atoms with van der Waals surface area (Å²) in [5, 5.41) is 7.37. The molecule has 1 atom stereocenters. The second-order valence-electron chi connectivity index (χ2n) is 7.27. The Morgan fingerprint density at radius 3 is 3.03 bits per heavy atom. The third-order valence-corrected chi connectivity index (χ3v) is 5.27. The molecule has 2 aliphatic rings. The Kier molecular flexibility index (Phi) is 4.08. The van der Waals surface area contributed by atoms with Crippen molar-refractivity contribution < 1.29 is 9.18 Å². The molecule has 1 unspecified atom stereocenters. The molecule has 3 aromatic rings. The maximum absolute atomic E-state index is 13.8. The van der Waals surface area contributed by atoms with E-state index in [9.17, 15) is 9.18 Å². The first kappa shape index (κ1) is 17.5. The number of pyridine rings is 1. The zero-order valence-corrected chi connectivity index (χ0v) is 15.8. The minimum Gasteiger partial charge on any atom is -0.322 e. The summed E-state index contributed by atoms with van der Waals surface area (Å²) < 4.78 is 15.5. The fourth-order valence-electron chi connectivity index (χ4n) is 3.58. The van der Waals surface area contributed by atoms with Crippen molar-refractivity contribution >= 4 is 17.1 Å². The molecule has 0 saturated heterocycles. The van der Waals surface area contributed by atoms with Gasteiger partial charge in [0.1, 0.15) is 5.83 Å². The number of carbonyl (C=O) groups is 1. The second kappa shape index (κ2) is 6.77. The van der Waals surface area contributed by atoms with Gasteiger partial charge in [0.2, 0.25) is 0 Å². The number of fused-ring (bicyclic) bond motifs is 2. The maximum atomic E-state index is 13.8. The van der Waals surface area contributed by atoms with Gasteiger partial charge in [0.25, 0.3) is 5.91 Å². The average Bonchev–Trinajstić information content (AvgIpc) is 3.36. The van der Waals surface area contributed by atoms with Crippen molar-refractivity contribution in [1.29, 1.82) is 0 Å². The van der Waals surface area contributed by atoms with Gasteiger partial charge in [-0.1, -0.05) is 19.1 Å². The van der Waals surface area contributed by atoms with Crippen LogP contribution in [0.25, 0.3) is 11.2 Å². The smallest absolute Gasteiger partial charge is 0.257 e. The summed E-state index contributed by atoms with van der Waals surface area (Å²) in [4.78, 5) is 21.4. The van der Waals surface area contributed by atoms with Crippen LogP contribution >= 0.6 is 0 Å². The van der Waals surface area contributed by atoms with Gasteiger partial charge in [0.15, 0.2) is 5.65 Å². The summed E-state index contributed by atoms with van der Waals surface area (Å²) in [7, 11) is 0. The molecule has 7 heteroatoms. The van der Waals surface area contributed by atoms with Crippen LogP contribution in [-0.4, -0.2) is 25.5 Å². The number of allylic oxidation sites excluding steroid dienone is 4. The number of halogens is 1. The van der Waals surface area contributed by atoms with Crippen LogP contribution in [0.3, 0.4) is 0 Å². The number of nitrogens with zero attached hydrogens (tertiary/aromatic N) is 4. The second-order valence-corrected chi connectivity index (χ2v) is 7.27. The van der Waals surface area contributed by atoms with Gasteiger partial charge >= 0.3 is 0 Å². The van der Waals surface area contributed by atoms with Crippen LogP contribution in [0.15, 0.2) is 66.5 Å². The van der Waals surface area contributed by atoms with Crippen LogP contribution in [0.5, 0.6) is 0 Å². The molecule has 3 aromatic heterocycles. The normalized spacial score (nSPS) is 18.1. The lowest BCUT2D eigenvalue weighted by Gasteiger charge is -2.15. The highest BCUT2D eigenvalue weighted by Gasteiger charge is 2.21. The average molecular weight is 387 g/mol. The molecule has 144 valence electrons. The summed E-state index contributed by atoms with van der Waals surface area (Å²) >= 11 is 0. The van der Waals surface area contributed by atoms with E-state index in [-0.39, 0.29) is 17.7 Å². The summed E-state index contributed by atoms with van der Waals surface area (Å²) in [6, 6.07) is 5.64. The molecular formula is C22H18FN5O. The number of nitrogens with one attached hydrogen (secondary N) is 1. The quantitative estimate of drug-likeness (QED) is 0.745. The van der Waals surface area contributed by atoms with E-state index in [0.717, 1.165) is 28.2 Å². The number of imidazole rings is 1. The summed E-state index contributed by atoms with van der Waals surface area (Å²) in [5.41, 5.74) is 5.20. The molecule has 0 bridgehead atoms. The van der Waals surface area contributed by atoms with E-state index < -0.39 is 0 Å². The molecular weight excluding hydrogens is 369 g/mol. The van der Waals surface area contributed by atoms with E-state index >= 15 is 0 Å². The van der Waals surface area contributed by atoms with Crippen molar-refractivity contribution in [3.63, 3.8) is 0 Å². The van der Waals surface area contributed by atoms with Gasteiger partial charge in [-0.2, -0.15) is 5.10 Å². The summed E-state index contributed by atoms with van der Waals surface area (Å²) in [5.74, 6) is -0.680. The van der Waals surface area contributed by atoms with Gasteiger partial charge in [-0.05, 0) is 30.7 Å². The van der Waals surface area contributed by atoms with E-state index in [1.165, 1.54) is 6.08 Å². The molecule has 0 radical (unpaired) electrons. The number of amides is 1. The molecule has 29 heavy (non-hydrogen) atoms. The Bertz CT molecular complexity index is 1240. The van der Waals surface area contributed by atoms with Crippen LogP contribution in [0, 0.1) is 5.92 Å². The fourth-order valence-corrected chi connectivity index (χ4v) is 3.58. The van der Waals surface area contributed by atoms with Crippen molar-refractivity contribution in [2.24, 2.45) is 5.92 Å². The molecule has 0 aromatic carbocycles. The van der Waals surface area contributed by atoms with E-state index in [1.54, 1.807) is 23.1 Å². The van der Waals surface area contributed by atoms with Crippen LogP contribution in [-0.2, 0) is 6.42 Å². The van der Waals surface area contributed by atoms with E-state index in [4.69, 9.17) is 0 Å². The molecule has 3 heterocycles. The van der Waals surface area contributed by atoms with Crippen molar-refractivity contribution in [3.05, 3.63) is 89.1 Å². The van der Waals surface area contributed by atoms with Gasteiger partial charge in [-0.3, -0.25) is 9.78 Å².